The lowest BCUT2D eigenvalue weighted by Crippen LogP contribution is -2.37. The molecule has 0 bridgehead atoms. The number of carbonyl (C=O) groups is 1. The standard InChI is InChI=1S/C15H16N2O2S/c1-2-14(11-5-7-12(18)8-6-11)16-17-15(19)10-13-4-3-9-20-13/h2-9,16,18H,10H2,1H3,(H,17,19). The molecule has 2 rings (SSSR count). The van der Waals surface area contributed by atoms with Gasteiger partial charge in [0.15, 0.2) is 0 Å². The molecule has 20 heavy (non-hydrogen) atoms. The van der Waals surface area contributed by atoms with Crippen LogP contribution in [0, 0.1) is 0 Å². The lowest BCUT2D eigenvalue weighted by Gasteiger charge is -2.12. The highest BCUT2D eigenvalue weighted by atomic mass is 32.1. The molecular formula is C15H16N2O2S. The van der Waals surface area contributed by atoms with Gasteiger partial charge in [-0.25, -0.2) is 0 Å². The number of rotatable bonds is 5. The van der Waals surface area contributed by atoms with Crippen molar-refractivity contribution in [2.75, 3.05) is 0 Å². The zero-order valence-electron chi connectivity index (χ0n) is 11.1. The van der Waals surface area contributed by atoms with E-state index in [0.717, 1.165) is 16.1 Å². The molecule has 1 amide bonds. The number of allylic oxidation sites excluding steroid dienone is 1. The molecule has 0 atom stereocenters. The number of hydrazine groups is 1. The number of benzene rings is 1. The van der Waals surface area contributed by atoms with Crippen LogP contribution < -0.4 is 10.9 Å². The quantitative estimate of drug-likeness (QED) is 0.741. The Morgan fingerprint density at radius 3 is 2.60 bits per heavy atom. The Hall–Kier alpha value is -2.27. The second-order valence-corrected chi connectivity index (χ2v) is 5.21. The van der Waals surface area contributed by atoms with Gasteiger partial charge in [0.2, 0.25) is 5.91 Å². The first-order chi connectivity index (χ1) is 9.69. The van der Waals surface area contributed by atoms with E-state index in [2.05, 4.69) is 10.9 Å². The molecule has 0 saturated carbocycles. The van der Waals surface area contributed by atoms with Crippen molar-refractivity contribution in [3.63, 3.8) is 0 Å². The minimum Gasteiger partial charge on any atom is -0.508 e. The van der Waals surface area contributed by atoms with Gasteiger partial charge in [-0.2, -0.15) is 0 Å². The van der Waals surface area contributed by atoms with E-state index in [-0.39, 0.29) is 11.7 Å². The summed E-state index contributed by atoms with van der Waals surface area (Å²) in [5, 5.41) is 11.2. The van der Waals surface area contributed by atoms with Gasteiger partial charge in [-0.1, -0.05) is 12.1 Å². The Morgan fingerprint density at radius 2 is 2.00 bits per heavy atom. The lowest BCUT2D eigenvalue weighted by atomic mass is 10.1. The summed E-state index contributed by atoms with van der Waals surface area (Å²) in [7, 11) is 0. The first kappa shape index (κ1) is 14.1. The molecule has 0 aliphatic heterocycles. The van der Waals surface area contributed by atoms with Crippen molar-refractivity contribution in [2.45, 2.75) is 13.3 Å². The molecule has 0 spiro atoms. The fourth-order valence-electron chi connectivity index (χ4n) is 1.70. The maximum atomic E-state index is 11.8. The first-order valence-electron chi connectivity index (χ1n) is 6.22. The summed E-state index contributed by atoms with van der Waals surface area (Å²) in [6.07, 6.45) is 2.22. The number of hydrogen-bond acceptors (Lipinski definition) is 4. The Labute approximate surface area is 121 Å². The van der Waals surface area contributed by atoms with Crippen LogP contribution in [0.1, 0.15) is 17.4 Å². The molecule has 0 unspecified atom stereocenters. The average molecular weight is 288 g/mol. The zero-order valence-corrected chi connectivity index (χ0v) is 11.9. The van der Waals surface area contributed by atoms with Crippen LogP contribution in [-0.4, -0.2) is 11.0 Å². The highest BCUT2D eigenvalue weighted by Crippen LogP contribution is 2.15. The van der Waals surface area contributed by atoms with Crippen molar-refractivity contribution in [2.24, 2.45) is 0 Å². The Bertz CT molecular complexity index is 589. The van der Waals surface area contributed by atoms with Gasteiger partial charge in [0, 0.05) is 4.88 Å². The van der Waals surface area contributed by atoms with Gasteiger partial charge >= 0.3 is 0 Å². The minimum absolute atomic E-state index is 0.0921. The molecule has 4 nitrogen and oxygen atoms in total. The maximum absolute atomic E-state index is 11.8. The highest BCUT2D eigenvalue weighted by Gasteiger charge is 2.05. The summed E-state index contributed by atoms with van der Waals surface area (Å²) in [4.78, 5) is 12.8. The summed E-state index contributed by atoms with van der Waals surface area (Å²) in [6, 6.07) is 10.6. The van der Waals surface area contributed by atoms with E-state index in [9.17, 15) is 9.90 Å². The van der Waals surface area contributed by atoms with Gasteiger partial charge in [-0.05, 0) is 48.2 Å². The van der Waals surface area contributed by atoms with Gasteiger partial charge in [0.25, 0.3) is 0 Å². The molecule has 0 aliphatic carbocycles. The number of thiophene rings is 1. The molecular weight excluding hydrogens is 272 g/mol. The number of nitrogens with one attached hydrogen (secondary N) is 2. The molecule has 3 N–H and O–H groups in total. The molecule has 1 aromatic carbocycles. The summed E-state index contributed by atoms with van der Waals surface area (Å²) >= 11 is 1.56. The van der Waals surface area contributed by atoms with Crippen LogP contribution in [0.4, 0.5) is 0 Å². The summed E-state index contributed by atoms with van der Waals surface area (Å²) in [5.41, 5.74) is 7.25. The number of phenols is 1. The van der Waals surface area contributed by atoms with Crippen LogP contribution in [0.25, 0.3) is 5.70 Å². The monoisotopic (exact) mass is 288 g/mol. The van der Waals surface area contributed by atoms with Crippen LogP contribution in [0.3, 0.4) is 0 Å². The Balaban J connectivity index is 1.91. The molecule has 0 fully saturated rings. The van der Waals surface area contributed by atoms with Crippen LogP contribution in [0.5, 0.6) is 5.75 Å². The van der Waals surface area contributed by atoms with E-state index in [1.165, 1.54) is 0 Å². The lowest BCUT2D eigenvalue weighted by molar-refractivity contribution is -0.121. The van der Waals surface area contributed by atoms with Crippen LogP contribution in [0.15, 0.2) is 47.9 Å². The van der Waals surface area contributed by atoms with E-state index in [1.54, 1.807) is 35.6 Å². The van der Waals surface area contributed by atoms with Gasteiger partial charge in [-0.3, -0.25) is 15.6 Å². The van der Waals surface area contributed by atoms with Gasteiger partial charge in [-0.15, -0.1) is 11.3 Å². The fraction of sp³-hybridized carbons (Fsp3) is 0.133. The predicted octanol–water partition coefficient (Wildman–Crippen LogP) is 2.68. The van der Waals surface area contributed by atoms with Crippen LogP contribution in [-0.2, 0) is 11.2 Å². The highest BCUT2D eigenvalue weighted by molar-refractivity contribution is 7.10. The van der Waals surface area contributed by atoms with Crippen molar-refractivity contribution < 1.29 is 9.90 Å². The maximum Gasteiger partial charge on any atom is 0.243 e. The Morgan fingerprint density at radius 1 is 1.25 bits per heavy atom. The van der Waals surface area contributed by atoms with Crippen molar-refractivity contribution in [1.82, 2.24) is 10.9 Å². The van der Waals surface area contributed by atoms with Crippen molar-refractivity contribution in [3.8, 4) is 5.75 Å². The Kier molecular flexibility index (Phi) is 4.79. The molecule has 0 aliphatic rings. The molecule has 104 valence electrons. The summed E-state index contributed by atoms with van der Waals surface area (Å²) in [5.74, 6) is 0.122. The largest absolute Gasteiger partial charge is 0.508 e. The molecule has 0 saturated heterocycles. The topological polar surface area (TPSA) is 61.4 Å². The number of hydrogen-bond donors (Lipinski definition) is 3. The van der Waals surface area contributed by atoms with Crippen LogP contribution in [0.2, 0.25) is 0 Å². The van der Waals surface area contributed by atoms with Crippen molar-refractivity contribution >= 4 is 22.9 Å². The number of aromatic hydroxyl groups is 1. The second-order valence-electron chi connectivity index (χ2n) is 4.18. The predicted molar refractivity (Wildman–Crippen MR) is 81.1 cm³/mol. The third-order valence-corrected chi connectivity index (χ3v) is 3.59. The van der Waals surface area contributed by atoms with Crippen LogP contribution >= 0.6 is 11.3 Å². The smallest absolute Gasteiger partial charge is 0.243 e. The number of amides is 1. The van der Waals surface area contributed by atoms with E-state index in [0.29, 0.717) is 6.42 Å². The van der Waals surface area contributed by atoms with E-state index >= 15 is 0 Å². The molecule has 5 heteroatoms. The number of carbonyl (C=O) groups excluding carboxylic acids is 1. The third-order valence-electron chi connectivity index (χ3n) is 2.72. The van der Waals surface area contributed by atoms with E-state index in [1.807, 2.05) is 30.5 Å². The molecule has 1 aromatic heterocycles. The van der Waals surface area contributed by atoms with Crippen molar-refractivity contribution in [3.05, 3.63) is 58.3 Å². The first-order valence-corrected chi connectivity index (χ1v) is 7.10. The zero-order chi connectivity index (χ0) is 14.4. The average Bonchev–Trinajstić information content (AvgIpc) is 2.94. The van der Waals surface area contributed by atoms with Gasteiger partial charge in [0.1, 0.15) is 5.75 Å². The minimum atomic E-state index is -0.0921. The van der Waals surface area contributed by atoms with E-state index in [4.69, 9.17) is 0 Å². The van der Waals surface area contributed by atoms with Gasteiger partial charge in [0.05, 0.1) is 12.1 Å². The fourth-order valence-corrected chi connectivity index (χ4v) is 2.41. The summed E-state index contributed by atoms with van der Waals surface area (Å²) < 4.78 is 0. The SMILES string of the molecule is CC=C(NNC(=O)Cc1cccs1)c1ccc(O)cc1. The van der Waals surface area contributed by atoms with E-state index < -0.39 is 0 Å². The molecule has 1 heterocycles. The normalized spacial score (nSPS) is 11.2. The summed E-state index contributed by atoms with van der Waals surface area (Å²) in [6.45, 7) is 1.88. The second kappa shape index (κ2) is 6.77. The third kappa shape index (κ3) is 3.86. The van der Waals surface area contributed by atoms with Crippen molar-refractivity contribution in [1.29, 1.82) is 0 Å². The van der Waals surface area contributed by atoms with Gasteiger partial charge < -0.3 is 5.11 Å². The molecule has 2 aromatic rings. The molecule has 0 radical (unpaired) electrons. The number of phenolic OH excluding ortho intramolecular Hbond substituents is 1.